The lowest BCUT2D eigenvalue weighted by atomic mass is 10.1. The van der Waals surface area contributed by atoms with Gasteiger partial charge in [-0.3, -0.25) is 0 Å². The molecule has 0 amide bonds. The van der Waals surface area contributed by atoms with Crippen LogP contribution < -0.4 is 10.9 Å². The molecule has 0 saturated carbocycles. The molecule has 0 saturated heterocycles. The summed E-state index contributed by atoms with van der Waals surface area (Å²) in [4.78, 5) is 11.9. The predicted molar refractivity (Wildman–Crippen MR) is 85.3 cm³/mol. The highest BCUT2D eigenvalue weighted by Crippen LogP contribution is 2.21. The molecule has 5 heteroatoms. The van der Waals surface area contributed by atoms with E-state index < -0.39 is 5.60 Å². The minimum absolute atomic E-state index is 0. The molecule has 1 aromatic carbocycles. The van der Waals surface area contributed by atoms with Gasteiger partial charge in [0.25, 0.3) is 0 Å². The van der Waals surface area contributed by atoms with Crippen LogP contribution in [0.2, 0.25) is 0 Å². The standard InChI is InChI=1S/C15H24N2O2.ClH/c1-14(2,3)17(16)12-9-7-11(8-10-12)13(18)19-15(4,5)6;/h7-10H,16H2,1-6H3;1H. The molecule has 0 heterocycles. The average molecular weight is 301 g/mol. The summed E-state index contributed by atoms with van der Waals surface area (Å²) in [5.41, 5.74) is 0.731. The van der Waals surface area contributed by atoms with Crippen molar-refractivity contribution >= 4 is 24.1 Å². The van der Waals surface area contributed by atoms with Gasteiger partial charge in [0.15, 0.2) is 0 Å². The van der Waals surface area contributed by atoms with Gasteiger partial charge in [-0.05, 0) is 65.8 Å². The van der Waals surface area contributed by atoms with E-state index in [1.807, 2.05) is 53.7 Å². The SMILES string of the molecule is CC(C)(C)OC(=O)c1ccc(N(N)C(C)(C)C)cc1.Cl. The summed E-state index contributed by atoms with van der Waals surface area (Å²) in [6.07, 6.45) is 0. The quantitative estimate of drug-likeness (QED) is 0.515. The molecule has 0 fully saturated rings. The number of esters is 1. The fraction of sp³-hybridized carbons (Fsp3) is 0.533. The molecule has 0 aliphatic heterocycles. The highest BCUT2D eigenvalue weighted by atomic mass is 35.5. The van der Waals surface area contributed by atoms with Crippen LogP contribution in [-0.2, 0) is 4.74 Å². The summed E-state index contributed by atoms with van der Waals surface area (Å²) < 4.78 is 5.31. The van der Waals surface area contributed by atoms with E-state index in [1.165, 1.54) is 0 Å². The Hall–Kier alpha value is -1.26. The first kappa shape index (κ1) is 18.7. The van der Waals surface area contributed by atoms with Gasteiger partial charge in [-0.15, -0.1) is 12.4 Å². The third-order valence-electron chi connectivity index (χ3n) is 2.50. The van der Waals surface area contributed by atoms with Crippen LogP contribution in [0.3, 0.4) is 0 Å². The smallest absolute Gasteiger partial charge is 0.338 e. The number of hydrogen-bond donors (Lipinski definition) is 1. The molecular formula is C15H25ClN2O2. The van der Waals surface area contributed by atoms with Crippen LogP contribution in [0.15, 0.2) is 24.3 Å². The van der Waals surface area contributed by atoms with Gasteiger partial charge >= 0.3 is 5.97 Å². The van der Waals surface area contributed by atoms with Crippen LogP contribution in [0.5, 0.6) is 0 Å². The van der Waals surface area contributed by atoms with Crippen molar-refractivity contribution in [2.45, 2.75) is 52.7 Å². The second-order valence-corrected chi connectivity index (χ2v) is 6.59. The van der Waals surface area contributed by atoms with Crippen molar-refractivity contribution in [1.29, 1.82) is 0 Å². The molecule has 0 unspecified atom stereocenters. The number of nitrogens with two attached hydrogens (primary N) is 1. The molecule has 1 aromatic rings. The van der Waals surface area contributed by atoms with Crippen LogP contribution >= 0.6 is 12.4 Å². The number of hydrazine groups is 1. The van der Waals surface area contributed by atoms with Gasteiger partial charge in [0, 0.05) is 5.54 Å². The summed E-state index contributed by atoms with van der Waals surface area (Å²) in [5.74, 6) is 5.70. The van der Waals surface area contributed by atoms with E-state index in [2.05, 4.69) is 0 Å². The van der Waals surface area contributed by atoms with E-state index in [0.29, 0.717) is 5.56 Å². The molecule has 0 aliphatic carbocycles. The van der Waals surface area contributed by atoms with Gasteiger partial charge in [-0.1, -0.05) is 0 Å². The molecule has 0 spiro atoms. The zero-order valence-corrected chi connectivity index (χ0v) is 13.9. The van der Waals surface area contributed by atoms with Crippen molar-refractivity contribution in [2.75, 3.05) is 5.01 Å². The van der Waals surface area contributed by atoms with Crippen LogP contribution in [0.1, 0.15) is 51.9 Å². The minimum Gasteiger partial charge on any atom is -0.456 e. The lowest BCUT2D eigenvalue weighted by Crippen LogP contribution is -2.46. The van der Waals surface area contributed by atoms with E-state index in [-0.39, 0.29) is 23.9 Å². The summed E-state index contributed by atoms with van der Waals surface area (Å²) >= 11 is 0. The molecule has 2 N–H and O–H groups in total. The van der Waals surface area contributed by atoms with Crippen molar-refractivity contribution in [3.8, 4) is 0 Å². The van der Waals surface area contributed by atoms with Crippen LogP contribution in [-0.4, -0.2) is 17.1 Å². The fourth-order valence-electron chi connectivity index (χ4n) is 1.48. The maximum Gasteiger partial charge on any atom is 0.338 e. The first-order valence-corrected chi connectivity index (χ1v) is 6.39. The van der Waals surface area contributed by atoms with Crippen molar-refractivity contribution in [3.63, 3.8) is 0 Å². The molecule has 20 heavy (non-hydrogen) atoms. The van der Waals surface area contributed by atoms with E-state index in [4.69, 9.17) is 10.6 Å². The Bertz CT molecular complexity index is 444. The molecule has 0 aromatic heterocycles. The summed E-state index contributed by atoms with van der Waals surface area (Å²) in [6.45, 7) is 11.6. The number of benzene rings is 1. The molecule has 0 bridgehead atoms. The summed E-state index contributed by atoms with van der Waals surface area (Å²) in [6, 6.07) is 7.11. The minimum atomic E-state index is -0.485. The van der Waals surface area contributed by atoms with Crippen molar-refractivity contribution in [2.24, 2.45) is 5.84 Å². The third-order valence-corrected chi connectivity index (χ3v) is 2.50. The van der Waals surface area contributed by atoms with Gasteiger partial charge in [0.2, 0.25) is 0 Å². The number of anilines is 1. The molecule has 114 valence electrons. The van der Waals surface area contributed by atoms with Crippen molar-refractivity contribution in [1.82, 2.24) is 0 Å². The van der Waals surface area contributed by atoms with Gasteiger partial charge in [-0.2, -0.15) is 0 Å². The largest absolute Gasteiger partial charge is 0.456 e. The maximum atomic E-state index is 11.9. The van der Waals surface area contributed by atoms with Gasteiger partial charge in [0.05, 0.1) is 11.3 Å². The Morgan fingerprint density at radius 3 is 1.85 bits per heavy atom. The zero-order valence-electron chi connectivity index (χ0n) is 13.1. The predicted octanol–water partition coefficient (Wildman–Crippen LogP) is 3.54. The van der Waals surface area contributed by atoms with Crippen molar-refractivity contribution < 1.29 is 9.53 Å². The molecular weight excluding hydrogens is 276 g/mol. The molecule has 0 radical (unpaired) electrons. The van der Waals surface area contributed by atoms with Gasteiger partial charge in [0.1, 0.15) is 5.60 Å². The topological polar surface area (TPSA) is 55.6 Å². The number of hydrogen-bond acceptors (Lipinski definition) is 4. The number of nitrogens with zero attached hydrogens (tertiary/aromatic N) is 1. The molecule has 4 nitrogen and oxygen atoms in total. The van der Waals surface area contributed by atoms with E-state index >= 15 is 0 Å². The second kappa shape index (κ2) is 6.46. The van der Waals surface area contributed by atoms with Crippen LogP contribution in [0, 0.1) is 0 Å². The molecule has 0 atom stereocenters. The van der Waals surface area contributed by atoms with E-state index in [1.54, 1.807) is 17.1 Å². The summed E-state index contributed by atoms with van der Waals surface area (Å²) in [7, 11) is 0. The fourth-order valence-corrected chi connectivity index (χ4v) is 1.48. The zero-order chi connectivity index (χ0) is 14.8. The summed E-state index contributed by atoms with van der Waals surface area (Å²) in [5, 5.41) is 1.67. The monoisotopic (exact) mass is 300 g/mol. The first-order chi connectivity index (χ1) is 8.50. The van der Waals surface area contributed by atoms with E-state index in [9.17, 15) is 4.79 Å². The van der Waals surface area contributed by atoms with Crippen LogP contribution in [0.4, 0.5) is 5.69 Å². The third kappa shape index (κ3) is 5.39. The number of ether oxygens (including phenoxy) is 1. The Kier molecular flexibility index (Phi) is 6.05. The first-order valence-electron chi connectivity index (χ1n) is 6.39. The Balaban J connectivity index is 0.00000361. The highest BCUT2D eigenvalue weighted by Gasteiger charge is 2.20. The molecule has 0 aliphatic rings. The molecule has 1 rings (SSSR count). The Morgan fingerprint density at radius 1 is 1.05 bits per heavy atom. The number of halogens is 1. The lowest BCUT2D eigenvalue weighted by Gasteiger charge is -2.33. The van der Waals surface area contributed by atoms with Crippen LogP contribution in [0.25, 0.3) is 0 Å². The highest BCUT2D eigenvalue weighted by molar-refractivity contribution is 5.90. The number of rotatable bonds is 2. The Morgan fingerprint density at radius 2 is 1.50 bits per heavy atom. The normalized spacial score (nSPS) is 11.6. The average Bonchev–Trinajstić information content (AvgIpc) is 2.24. The van der Waals surface area contributed by atoms with E-state index in [0.717, 1.165) is 5.69 Å². The Labute approximate surface area is 127 Å². The van der Waals surface area contributed by atoms with Gasteiger partial charge < -0.3 is 9.75 Å². The maximum absolute atomic E-state index is 11.9. The van der Waals surface area contributed by atoms with Gasteiger partial charge in [-0.25, -0.2) is 10.6 Å². The second-order valence-electron chi connectivity index (χ2n) is 6.59. The number of carbonyl (C=O) groups excluding carboxylic acids is 1. The number of carbonyl (C=O) groups is 1. The lowest BCUT2D eigenvalue weighted by molar-refractivity contribution is 0.00696. The van der Waals surface area contributed by atoms with Crippen molar-refractivity contribution in [3.05, 3.63) is 29.8 Å².